The first-order valence-electron chi connectivity index (χ1n) is 4.36. The molecule has 2 N–H and O–H groups in total. The van der Waals surface area contributed by atoms with Crippen LogP contribution in [0.2, 0.25) is 0 Å². The molecule has 0 aliphatic carbocycles. The normalized spacial score (nSPS) is 36.9. The average Bonchev–Trinajstić information content (AvgIpc) is 2.62. The summed E-state index contributed by atoms with van der Waals surface area (Å²) in [4.78, 5) is 0. The summed E-state index contributed by atoms with van der Waals surface area (Å²) in [6.07, 6.45) is 1.44. The molecule has 2 aliphatic heterocycles. The van der Waals surface area contributed by atoms with Crippen LogP contribution in [0, 0.1) is 0 Å². The number of hydrogen-bond acceptors (Lipinski definition) is 2. The lowest BCUT2D eigenvalue weighted by atomic mass is 9.89. The van der Waals surface area contributed by atoms with E-state index in [9.17, 15) is 0 Å². The summed E-state index contributed by atoms with van der Waals surface area (Å²) in [5, 5.41) is 0. The molecule has 2 bridgehead atoms. The van der Waals surface area contributed by atoms with Gasteiger partial charge in [0, 0.05) is 6.04 Å². The zero-order valence-electron chi connectivity index (χ0n) is 6.73. The maximum absolute atomic E-state index is 5.91. The summed E-state index contributed by atoms with van der Waals surface area (Å²) >= 11 is 0. The van der Waals surface area contributed by atoms with Gasteiger partial charge in [0.1, 0.15) is 0 Å². The molecule has 0 radical (unpaired) electrons. The van der Waals surface area contributed by atoms with Crippen LogP contribution < -0.4 is 5.73 Å². The Hall–Kier alpha value is -0.860. The molecule has 1 aromatic rings. The first-order chi connectivity index (χ1) is 5.86. The van der Waals surface area contributed by atoms with Crippen LogP contribution in [-0.2, 0) is 4.74 Å². The van der Waals surface area contributed by atoms with Gasteiger partial charge in [-0.3, -0.25) is 0 Å². The monoisotopic (exact) mass is 161 g/mol. The van der Waals surface area contributed by atoms with Gasteiger partial charge < -0.3 is 10.5 Å². The molecule has 0 spiro atoms. The van der Waals surface area contributed by atoms with Crippen LogP contribution in [-0.4, -0.2) is 6.04 Å². The van der Waals surface area contributed by atoms with E-state index < -0.39 is 0 Å². The predicted molar refractivity (Wildman–Crippen MR) is 45.6 cm³/mol. The lowest BCUT2D eigenvalue weighted by Crippen LogP contribution is -2.25. The Morgan fingerprint density at radius 3 is 2.83 bits per heavy atom. The fourth-order valence-electron chi connectivity index (χ4n) is 2.27. The molecule has 1 fully saturated rings. The van der Waals surface area contributed by atoms with Gasteiger partial charge in [-0.2, -0.15) is 0 Å². The highest BCUT2D eigenvalue weighted by atomic mass is 16.5. The molecule has 0 unspecified atom stereocenters. The summed E-state index contributed by atoms with van der Waals surface area (Å²) in [7, 11) is 0. The van der Waals surface area contributed by atoms with E-state index >= 15 is 0 Å². The van der Waals surface area contributed by atoms with E-state index in [0.29, 0.717) is 0 Å². The summed E-state index contributed by atoms with van der Waals surface area (Å²) in [5.74, 6) is 0. The summed E-state index contributed by atoms with van der Waals surface area (Å²) in [5.41, 5.74) is 8.57. The maximum atomic E-state index is 5.91. The number of rotatable bonds is 0. The highest BCUT2D eigenvalue weighted by Gasteiger charge is 2.42. The van der Waals surface area contributed by atoms with Gasteiger partial charge in [-0.1, -0.05) is 24.3 Å². The van der Waals surface area contributed by atoms with Crippen LogP contribution in [0.3, 0.4) is 0 Å². The highest BCUT2D eigenvalue weighted by Crippen LogP contribution is 2.49. The van der Waals surface area contributed by atoms with Crippen molar-refractivity contribution < 1.29 is 4.74 Å². The second-order valence-corrected chi connectivity index (χ2v) is 3.57. The molecule has 0 aromatic heterocycles. The zero-order chi connectivity index (χ0) is 8.13. The Morgan fingerprint density at radius 1 is 1.25 bits per heavy atom. The number of benzene rings is 1. The Kier molecular flexibility index (Phi) is 1.15. The van der Waals surface area contributed by atoms with Crippen LogP contribution in [0.5, 0.6) is 0 Å². The molecule has 3 atom stereocenters. The van der Waals surface area contributed by atoms with Crippen molar-refractivity contribution in [1.82, 2.24) is 0 Å². The summed E-state index contributed by atoms with van der Waals surface area (Å²) in [6.45, 7) is 0. The molecule has 3 rings (SSSR count). The lowest BCUT2D eigenvalue weighted by Gasteiger charge is -2.16. The van der Waals surface area contributed by atoms with Crippen LogP contribution in [0.25, 0.3) is 0 Å². The Morgan fingerprint density at radius 2 is 2.00 bits per heavy atom. The zero-order valence-corrected chi connectivity index (χ0v) is 6.73. The van der Waals surface area contributed by atoms with Gasteiger partial charge >= 0.3 is 0 Å². The number of fused-ring (bicyclic) bond motifs is 5. The minimum absolute atomic E-state index is 0.172. The third-order valence-corrected chi connectivity index (χ3v) is 2.84. The fraction of sp³-hybridized carbons (Fsp3) is 0.400. The van der Waals surface area contributed by atoms with Gasteiger partial charge in [-0.25, -0.2) is 0 Å². The molecule has 0 saturated carbocycles. The van der Waals surface area contributed by atoms with Gasteiger partial charge in [0.2, 0.25) is 0 Å². The van der Waals surface area contributed by atoms with E-state index in [1.165, 1.54) is 11.1 Å². The fourth-order valence-corrected chi connectivity index (χ4v) is 2.27. The van der Waals surface area contributed by atoms with Crippen molar-refractivity contribution >= 4 is 0 Å². The number of ether oxygens (including phenoxy) is 1. The second kappa shape index (κ2) is 2.09. The van der Waals surface area contributed by atoms with Crippen molar-refractivity contribution in [3.63, 3.8) is 0 Å². The standard InChI is InChI=1S/C10H11NO/c11-8-5-9-6-3-1-2-4-7(6)10(8)12-9/h1-4,8-10H,5,11H2/t8-,9+,10+/m1/s1. The molecular formula is C10H11NO. The molecule has 1 saturated heterocycles. The molecule has 62 valence electrons. The average molecular weight is 161 g/mol. The van der Waals surface area contributed by atoms with Gasteiger partial charge in [-0.15, -0.1) is 0 Å². The van der Waals surface area contributed by atoms with Crippen molar-refractivity contribution in [1.29, 1.82) is 0 Å². The minimum Gasteiger partial charge on any atom is -0.364 e. The molecule has 2 nitrogen and oxygen atoms in total. The first-order valence-corrected chi connectivity index (χ1v) is 4.36. The first kappa shape index (κ1) is 6.63. The quantitative estimate of drug-likeness (QED) is 0.626. The number of nitrogens with two attached hydrogens (primary N) is 1. The van der Waals surface area contributed by atoms with Gasteiger partial charge in [0.25, 0.3) is 0 Å². The Bertz CT molecular complexity index is 323. The van der Waals surface area contributed by atoms with E-state index in [1.54, 1.807) is 0 Å². The van der Waals surface area contributed by atoms with Crippen molar-refractivity contribution in [3.05, 3.63) is 35.4 Å². The largest absolute Gasteiger partial charge is 0.364 e. The summed E-state index contributed by atoms with van der Waals surface area (Å²) in [6, 6.07) is 8.60. The summed E-state index contributed by atoms with van der Waals surface area (Å²) < 4.78 is 5.73. The Labute approximate surface area is 71.3 Å². The maximum Gasteiger partial charge on any atom is 0.0988 e. The molecule has 1 aromatic carbocycles. The van der Waals surface area contributed by atoms with E-state index in [0.717, 1.165) is 6.42 Å². The van der Waals surface area contributed by atoms with Gasteiger partial charge in [-0.05, 0) is 17.5 Å². The van der Waals surface area contributed by atoms with E-state index in [4.69, 9.17) is 10.5 Å². The van der Waals surface area contributed by atoms with Crippen molar-refractivity contribution in [3.8, 4) is 0 Å². The van der Waals surface area contributed by atoms with Crippen molar-refractivity contribution in [2.45, 2.75) is 24.7 Å². The van der Waals surface area contributed by atoms with E-state index in [2.05, 4.69) is 24.3 Å². The lowest BCUT2D eigenvalue weighted by molar-refractivity contribution is 0.0679. The molecule has 0 amide bonds. The molecule has 12 heavy (non-hydrogen) atoms. The molecular weight excluding hydrogens is 150 g/mol. The highest BCUT2D eigenvalue weighted by molar-refractivity contribution is 5.38. The van der Waals surface area contributed by atoms with E-state index in [-0.39, 0.29) is 18.2 Å². The minimum atomic E-state index is 0.172. The topological polar surface area (TPSA) is 35.2 Å². The third kappa shape index (κ3) is 0.667. The molecule has 2 heteroatoms. The second-order valence-electron chi connectivity index (χ2n) is 3.57. The van der Waals surface area contributed by atoms with Crippen LogP contribution in [0.4, 0.5) is 0 Å². The van der Waals surface area contributed by atoms with Crippen molar-refractivity contribution in [2.75, 3.05) is 0 Å². The van der Waals surface area contributed by atoms with Gasteiger partial charge in [0.15, 0.2) is 0 Å². The Balaban J connectivity index is 2.17. The SMILES string of the molecule is N[C@@H]1C[C@@H]2O[C@H]1c1ccccc12. The van der Waals surface area contributed by atoms with E-state index in [1.807, 2.05) is 0 Å². The molecule has 2 heterocycles. The smallest absolute Gasteiger partial charge is 0.0988 e. The van der Waals surface area contributed by atoms with Gasteiger partial charge in [0.05, 0.1) is 12.2 Å². The van der Waals surface area contributed by atoms with Crippen LogP contribution in [0.15, 0.2) is 24.3 Å². The predicted octanol–water partition coefficient (Wildman–Crippen LogP) is 1.53. The molecule has 2 aliphatic rings. The third-order valence-electron chi connectivity index (χ3n) is 2.84. The van der Waals surface area contributed by atoms with Crippen LogP contribution in [0.1, 0.15) is 29.8 Å². The number of hydrogen-bond donors (Lipinski definition) is 1. The van der Waals surface area contributed by atoms with Crippen LogP contribution >= 0.6 is 0 Å². The van der Waals surface area contributed by atoms with Crippen molar-refractivity contribution in [2.24, 2.45) is 5.73 Å².